The van der Waals surface area contributed by atoms with Crippen LogP contribution < -0.4 is 5.32 Å². The summed E-state index contributed by atoms with van der Waals surface area (Å²) in [6.45, 7) is 1.10. The maximum Gasteiger partial charge on any atom is 0.0671 e. The quantitative estimate of drug-likeness (QED) is 0.774. The van der Waals surface area contributed by atoms with Gasteiger partial charge < -0.3 is 5.32 Å². The van der Waals surface area contributed by atoms with E-state index in [2.05, 4.69) is 27.6 Å². The van der Waals surface area contributed by atoms with Crippen LogP contribution in [0.5, 0.6) is 0 Å². The standard InChI is InChI=1S/C11H13N3/c1-2-10(12-6-8-4-5-8)9-7-13-14-11(9)3-1/h1-3,7-8,12H,4-6H2,(H,13,14). The molecular formula is C11H13N3. The van der Waals surface area contributed by atoms with Crippen molar-refractivity contribution in [2.24, 2.45) is 5.92 Å². The number of anilines is 1. The molecule has 0 spiro atoms. The van der Waals surface area contributed by atoms with Gasteiger partial charge in [-0.15, -0.1) is 0 Å². The smallest absolute Gasteiger partial charge is 0.0671 e. The Hall–Kier alpha value is -1.51. The van der Waals surface area contributed by atoms with Crippen molar-refractivity contribution in [3.05, 3.63) is 24.4 Å². The second kappa shape index (κ2) is 3.01. The molecule has 1 aromatic heterocycles. The summed E-state index contributed by atoms with van der Waals surface area (Å²) in [5.74, 6) is 0.900. The van der Waals surface area contributed by atoms with Crippen molar-refractivity contribution in [1.29, 1.82) is 0 Å². The van der Waals surface area contributed by atoms with Crippen LogP contribution in [0.25, 0.3) is 10.9 Å². The Morgan fingerprint density at radius 1 is 1.43 bits per heavy atom. The number of hydrogen-bond donors (Lipinski definition) is 2. The fraction of sp³-hybridized carbons (Fsp3) is 0.364. The first-order chi connectivity index (χ1) is 6.93. The number of aromatic amines is 1. The summed E-state index contributed by atoms with van der Waals surface area (Å²) in [5, 5.41) is 11.7. The van der Waals surface area contributed by atoms with E-state index in [1.54, 1.807) is 0 Å². The van der Waals surface area contributed by atoms with Gasteiger partial charge in [0.25, 0.3) is 0 Å². The molecule has 0 unspecified atom stereocenters. The zero-order chi connectivity index (χ0) is 9.38. The molecular weight excluding hydrogens is 174 g/mol. The van der Waals surface area contributed by atoms with Gasteiger partial charge in [-0.3, -0.25) is 5.10 Å². The molecule has 0 radical (unpaired) electrons. The molecule has 3 nitrogen and oxygen atoms in total. The first kappa shape index (κ1) is 7.85. The zero-order valence-corrected chi connectivity index (χ0v) is 7.96. The number of hydrogen-bond acceptors (Lipinski definition) is 2. The van der Waals surface area contributed by atoms with E-state index in [0.717, 1.165) is 18.0 Å². The molecule has 1 fully saturated rings. The Labute approximate surface area is 82.5 Å². The molecule has 0 amide bonds. The molecule has 3 rings (SSSR count). The molecule has 1 aliphatic carbocycles. The fourth-order valence-corrected chi connectivity index (χ4v) is 1.70. The first-order valence-corrected chi connectivity index (χ1v) is 5.09. The fourth-order valence-electron chi connectivity index (χ4n) is 1.70. The molecule has 14 heavy (non-hydrogen) atoms. The molecule has 1 aliphatic rings. The van der Waals surface area contributed by atoms with E-state index in [1.165, 1.54) is 23.9 Å². The van der Waals surface area contributed by atoms with Gasteiger partial charge in [0.05, 0.1) is 11.7 Å². The van der Waals surface area contributed by atoms with Crippen molar-refractivity contribution >= 4 is 16.6 Å². The summed E-state index contributed by atoms with van der Waals surface area (Å²) in [6, 6.07) is 6.21. The molecule has 1 aromatic carbocycles. The minimum atomic E-state index is 0.900. The molecule has 1 heterocycles. The molecule has 3 heteroatoms. The predicted molar refractivity (Wildman–Crippen MR) is 57.3 cm³/mol. The van der Waals surface area contributed by atoms with E-state index in [0.29, 0.717) is 0 Å². The Balaban J connectivity index is 1.89. The molecule has 0 bridgehead atoms. The molecule has 0 saturated heterocycles. The molecule has 1 saturated carbocycles. The lowest BCUT2D eigenvalue weighted by molar-refractivity contribution is 0.890. The third-order valence-corrected chi connectivity index (χ3v) is 2.76. The number of aromatic nitrogens is 2. The Bertz CT molecular complexity index is 442. The highest BCUT2D eigenvalue weighted by molar-refractivity contribution is 5.90. The van der Waals surface area contributed by atoms with Crippen LogP contribution in [0.15, 0.2) is 24.4 Å². The van der Waals surface area contributed by atoms with Crippen LogP contribution >= 0.6 is 0 Å². The van der Waals surface area contributed by atoms with Crippen molar-refractivity contribution in [3.8, 4) is 0 Å². The lowest BCUT2D eigenvalue weighted by atomic mass is 10.2. The van der Waals surface area contributed by atoms with Crippen molar-refractivity contribution in [3.63, 3.8) is 0 Å². The summed E-state index contributed by atoms with van der Waals surface area (Å²) in [5.41, 5.74) is 2.30. The van der Waals surface area contributed by atoms with Gasteiger partial charge in [-0.25, -0.2) is 0 Å². The molecule has 72 valence electrons. The topological polar surface area (TPSA) is 40.7 Å². The number of H-pyrrole nitrogens is 1. The highest BCUT2D eigenvalue weighted by Gasteiger charge is 2.20. The Kier molecular flexibility index (Phi) is 1.69. The van der Waals surface area contributed by atoms with Gasteiger partial charge in [0.1, 0.15) is 0 Å². The lowest BCUT2D eigenvalue weighted by Crippen LogP contribution is -2.02. The van der Waals surface area contributed by atoms with Crippen LogP contribution in [0, 0.1) is 5.92 Å². The van der Waals surface area contributed by atoms with E-state index in [9.17, 15) is 0 Å². The minimum Gasteiger partial charge on any atom is -0.384 e. The monoisotopic (exact) mass is 187 g/mol. The Morgan fingerprint density at radius 2 is 2.36 bits per heavy atom. The van der Waals surface area contributed by atoms with E-state index in [1.807, 2.05) is 12.3 Å². The average Bonchev–Trinajstić information content (AvgIpc) is 2.91. The van der Waals surface area contributed by atoms with Crippen LogP contribution in [0.2, 0.25) is 0 Å². The number of fused-ring (bicyclic) bond motifs is 1. The maximum atomic E-state index is 4.04. The zero-order valence-electron chi connectivity index (χ0n) is 7.96. The van der Waals surface area contributed by atoms with Gasteiger partial charge in [0, 0.05) is 17.6 Å². The van der Waals surface area contributed by atoms with Crippen molar-refractivity contribution in [2.45, 2.75) is 12.8 Å². The summed E-state index contributed by atoms with van der Waals surface area (Å²) in [4.78, 5) is 0. The molecule has 0 aliphatic heterocycles. The first-order valence-electron chi connectivity index (χ1n) is 5.09. The van der Waals surface area contributed by atoms with E-state index in [4.69, 9.17) is 0 Å². The predicted octanol–water partition coefficient (Wildman–Crippen LogP) is 2.38. The highest BCUT2D eigenvalue weighted by Crippen LogP contribution is 2.30. The third-order valence-electron chi connectivity index (χ3n) is 2.76. The number of nitrogens with one attached hydrogen (secondary N) is 2. The third kappa shape index (κ3) is 1.35. The van der Waals surface area contributed by atoms with Gasteiger partial charge >= 0.3 is 0 Å². The van der Waals surface area contributed by atoms with Gasteiger partial charge in [0.15, 0.2) is 0 Å². The van der Waals surface area contributed by atoms with Crippen LogP contribution in [-0.4, -0.2) is 16.7 Å². The maximum absolute atomic E-state index is 4.04. The minimum absolute atomic E-state index is 0.900. The SMILES string of the molecule is c1cc(NCC2CC2)c2cn[nH]c2c1. The van der Waals surface area contributed by atoms with Crippen molar-refractivity contribution < 1.29 is 0 Å². The van der Waals surface area contributed by atoms with Crippen LogP contribution in [0.1, 0.15) is 12.8 Å². The summed E-state index contributed by atoms with van der Waals surface area (Å²) >= 11 is 0. The number of benzene rings is 1. The summed E-state index contributed by atoms with van der Waals surface area (Å²) in [7, 11) is 0. The van der Waals surface area contributed by atoms with Crippen LogP contribution in [0.4, 0.5) is 5.69 Å². The lowest BCUT2D eigenvalue weighted by Gasteiger charge is -2.05. The number of rotatable bonds is 3. The van der Waals surface area contributed by atoms with Gasteiger partial charge in [-0.1, -0.05) is 6.07 Å². The second-order valence-corrected chi connectivity index (χ2v) is 3.96. The van der Waals surface area contributed by atoms with Crippen molar-refractivity contribution in [2.75, 3.05) is 11.9 Å². The van der Waals surface area contributed by atoms with E-state index < -0.39 is 0 Å². The molecule has 0 atom stereocenters. The normalized spacial score (nSPS) is 16.0. The molecule has 2 aromatic rings. The van der Waals surface area contributed by atoms with E-state index >= 15 is 0 Å². The van der Waals surface area contributed by atoms with Crippen LogP contribution in [0.3, 0.4) is 0 Å². The largest absolute Gasteiger partial charge is 0.384 e. The van der Waals surface area contributed by atoms with Gasteiger partial charge in [-0.2, -0.15) is 5.10 Å². The summed E-state index contributed by atoms with van der Waals surface area (Å²) < 4.78 is 0. The molecule has 2 N–H and O–H groups in total. The van der Waals surface area contributed by atoms with E-state index in [-0.39, 0.29) is 0 Å². The van der Waals surface area contributed by atoms with Gasteiger partial charge in [0.2, 0.25) is 0 Å². The Morgan fingerprint density at radius 3 is 3.21 bits per heavy atom. The summed E-state index contributed by atoms with van der Waals surface area (Å²) in [6.07, 6.45) is 4.65. The van der Waals surface area contributed by atoms with Crippen LogP contribution in [-0.2, 0) is 0 Å². The van der Waals surface area contributed by atoms with Gasteiger partial charge in [-0.05, 0) is 30.9 Å². The van der Waals surface area contributed by atoms with Crippen molar-refractivity contribution in [1.82, 2.24) is 10.2 Å². The second-order valence-electron chi connectivity index (χ2n) is 3.96. The average molecular weight is 187 g/mol. The number of nitrogens with zero attached hydrogens (tertiary/aromatic N) is 1. The highest BCUT2D eigenvalue weighted by atomic mass is 15.1.